The number of carbonyl (C=O) groups excluding carboxylic acids is 2. The number of anilines is 1. The first-order valence-corrected chi connectivity index (χ1v) is 11.3. The third kappa shape index (κ3) is 4.41. The number of amides is 1. The normalized spacial score (nSPS) is 16.1. The van der Waals surface area contributed by atoms with E-state index in [1.807, 2.05) is 69.3 Å². The molecule has 0 fully saturated rings. The van der Waals surface area contributed by atoms with Gasteiger partial charge < -0.3 is 14.3 Å². The lowest BCUT2D eigenvalue weighted by atomic mass is 9.89. The van der Waals surface area contributed by atoms with Crippen LogP contribution in [0.25, 0.3) is 11.3 Å². The third-order valence-electron chi connectivity index (χ3n) is 5.92. The van der Waals surface area contributed by atoms with Gasteiger partial charge in [-0.05, 0) is 60.4 Å². The maximum Gasteiger partial charge on any atom is 0.294 e. The van der Waals surface area contributed by atoms with Crippen LogP contribution in [-0.2, 0) is 20.9 Å². The molecule has 1 unspecified atom stereocenters. The molecule has 0 saturated heterocycles. The molecule has 0 spiro atoms. The first kappa shape index (κ1) is 23.5. The number of aliphatic hydroxyl groups excluding tert-OH is 1. The van der Waals surface area contributed by atoms with E-state index in [0.29, 0.717) is 12.3 Å². The summed E-state index contributed by atoms with van der Waals surface area (Å²) in [6.07, 6.45) is 0.236. The molecule has 0 aliphatic carbocycles. The van der Waals surface area contributed by atoms with Crippen LogP contribution in [0.1, 0.15) is 43.2 Å². The first-order valence-electron chi connectivity index (χ1n) is 11.3. The van der Waals surface area contributed by atoms with E-state index in [2.05, 4.69) is 0 Å². The van der Waals surface area contributed by atoms with Crippen molar-refractivity contribution in [2.75, 3.05) is 12.0 Å². The molecule has 6 heteroatoms. The zero-order valence-corrected chi connectivity index (χ0v) is 19.9. The molecule has 1 aliphatic rings. The molecule has 0 saturated carbocycles. The second-order valence-electron chi connectivity index (χ2n) is 8.95. The summed E-state index contributed by atoms with van der Waals surface area (Å²) in [4.78, 5) is 28.1. The summed E-state index contributed by atoms with van der Waals surface area (Å²) < 4.78 is 11.1. The van der Waals surface area contributed by atoms with Gasteiger partial charge in [-0.15, -0.1) is 0 Å². The Bertz CT molecular complexity index is 1240. The largest absolute Gasteiger partial charge is 0.503 e. The van der Waals surface area contributed by atoms with E-state index in [4.69, 9.17) is 9.15 Å². The zero-order valence-electron chi connectivity index (χ0n) is 19.9. The number of aliphatic hydroxyl groups is 1. The predicted octanol–water partition coefficient (Wildman–Crippen LogP) is 5.92. The minimum Gasteiger partial charge on any atom is -0.503 e. The second-order valence-corrected chi connectivity index (χ2v) is 8.95. The highest BCUT2D eigenvalue weighted by Crippen LogP contribution is 2.43. The SMILES string of the molecule is COCc1ccccc1C1C(C(=O)CC(C)C)=C(O)C(=O)N1c1ccc(-c2ccc(C)o2)cc1. The average molecular weight is 460 g/mol. The number of hydrogen-bond donors (Lipinski definition) is 1. The number of hydrogen-bond acceptors (Lipinski definition) is 5. The van der Waals surface area contributed by atoms with Gasteiger partial charge >= 0.3 is 0 Å². The summed E-state index contributed by atoms with van der Waals surface area (Å²) in [5, 5.41) is 10.9. The van der Waals surface area contributed by atoms with E-state index in [1.165, 1.54) is 4.90 Å². The van der Waals surface area contributed by atoms with Gasteiger partial charge in [0.05, 0.1) is 18.2 Å². The summed E-state index contributed by atoms with van der Waals surface area (Å²) in [5.41, 5.74) is 3.17. The van der Waals surface area contributed by atoms with Crippen LogP contribution in [0.15, 0.2) is 76.4 Å². The highest BCUT2D eigenvalue weighted by molar-refractivity contribution is 6.16. The number of aryl methyl sites for hydroxylation is 1. The highest BCUT2D eigenvalue weighted by atomic mass is 16.5. The predicted molar refractivity (Wildman–Crippen MR) is 130 cm³/mol. The fourth-order valence-corrected chi connectivity index (χ4v) is 4.40. The van der Waals surface area contributed by atoms with E-state index >= 15 is 0 Å². The van der Waals surface area contributed by atoms with Crippen LogP contribution >= 0.6 is 0 Å². The highest BCUT2D eigenvalue weighted by Gasteiger charge is 2.44. The molecule has 6 nitrogen and oxygen atoms in total. The Hall–Kier alpha value is -3.64. The smallest absolute Gasteiger partial charge is 0.294 e. The third-order valence-corrected chi connectivity index (χ3v) is 5.92. The van der Waals surface area contributed by atoms with Crippen molar-refractivity contribution < 1.29 is 23.8 Å². The molecule has 0 radical (unpaired) electrons. The van der Waals surface area contributed by atoms with E-state index < -0.39 is 17.7 Å². The first-order chi connectivity index (χ1) is 16.3. The molecule has 2 heterocycles. The van der Waals surface area contributed by atoms with Crippen molar-refractivity contribution in [1.29, 1.82) is 0 Å². The Labute approximate surface area is 199 Å². The van der Waals surface area contributed by atoms with E-state index in [-0.39, 0.29) is 23.7 Å². The lowest BCUT2D eigenvalue weighted by molar-refractivity contribution is -0.118. The van der Waals surface area contributed by atoms with Crippen molar-refractivity contribution in [3.63, 3.8) is 0 Å². The zero-order chi connectivity index (χ0) is 24.4. The molecule has 0 bridgehead atoms. The number of carbonyl (C=O) groups is 2. The van der Waals surface area contributed by atoms with Crippen LogP contribution in [-0.4, -0.2) is 23.9 Å². The van der Waals surface area contributed by atoms with Gasteiger partial charge in [-0.3, -0.25) is 14.5 Å². The number of ether oxygens (including phenoxy) is 1. The van der Waals surface area contributed by atoms with Crippen LogP contribution in [0.2, 0.25) is 0 Å². The van der Waals surface area contributed by atoms with Crippen molar-refractivity contribution >= 4 is 17.4 Å². The monoisotopic (exact) mass is 459 g/mol. The van der Waals surface area contributed by atoms with Gasteiger partial charge in [0.2, 0.25) is 0 Å². The van der Waals surface area contributed by atoms with Gasteiger partial charge in [-0.2, -0.15) is 0 Å². The molecule has 34 heavy (non-hydrogen) atoms. The molecular weight excluding hydrogens is 430 g/mol. The van der Waals surface area contributed by atoms with Crippen LogP contribution in [0.4, 0.5) is 5.69 Å². The minimum atomic E-state index is -0.748. The Morgan fingerprint density at radius 1 is 1.09 bits per heavy atom. The van der Waals surface area contributed by atoms with Crippen LogP contribution in [0.3, 0.4) is 0 Å². The van der Waals surface area contributed by atoms with E-state index in [1.54, 1.807) is 19.2 Å². The van der Waals surface area contributed by atoms with Crippen LogP contribution in [0, 0.1) is 12.8 Å². The summed E-state index contributed by atoms with van der Waals surface area (Å²) in [7, 11) is 1.60. The van der Waals surface area contributed by atoms with Crippen LogP contribution < -0.4 is 4.90 Å². The Kier molecular flexibility index (Phi) is 6.70. The molecule has 1 N–H and O–H groups in total. The lowest BCUT2D eigenvalue weighted by Crippen LogP contribution is -2.31. The molecule has 4 rings (SSSR count). The maximum atomic E-state index is 13.3. The van der Waals surface area contributed by atoms with Gasteiger partial charge in [0, 0.05) is 24.8 Å². The van der Waals surface area contributed by atoms with Crippen molar-refractivity contribution in [1.82, 2.24) is 0 Å². The molecule has 1 atom stereocenters. The number of methoxy groups -OCH3 is 1. The summed E-state index contributed by atoms with van der Waals surface area (Å²) in [6.45, 7) is 6.07. The van der Waals surface area contributed by atoms with Gasteiger partial charge in [-0.1, -0.05) is 38.1 Å². The molecular formula is C28H29NO5. The molecule has 1 amide bonds. The molecule has 176 valence electrons. The Balaban J connectivity index is 1.81. The van der Waals surface area contributed by atoms with Gasteiger partial charge in [0.1, 0.15) is 11.5 Å². The number of nitrogens with zero attached hydrogens (tertiary/aromatic N) is 1. The Morgan fingerprint density at radius 3 is 2.41 bits per heavy atom. The number of rotatable bonds is 8. The second kappa shape index (κ2) is 9.69. The van der Waals surface area contributed by atoms with Crippen LogP contribution in [0.5, 0.6) is 0 Å². The summed E-state index contributed by atoms with van der Waals surface area (Å²) in [5.74, 6) is 0.309. The van der Waals surface area contributed by atoms with Crippen molar-refractivity contribution in [2.45, 2.75) is 39.8 Å². The number of benzene rings is 2. The standard InChI is InChI=1S/C28H29NO5/c1-17(2)15-23(30)25-26(22-8-6-5-7-20(22)16-33-4)29(28(32)27(25)31)21-12-10-19(11-13-21)24-14-9-18(3)34-24/h5-14,17,26,31H,15-16H2,1-4H3. The Morgan fingerprint density at radius 2 is 1.79 bits per heavy atom. The summed E-state index contributed by atoms with van der Waals surface area (Å²) in [6, 6.07) is 17.9. The van der Waals surface area contributed by atoms with Gasteiger partial charge in [0.25, 0.3) is 5.91 Å². The quantitative estimate of drug-likeness (QED) is 0.452. The topological polar surface area (TPSA) is 80.0 Å². The number of furan rings is 1. The summed E-state index contributed by atoms with van der Waals surface area (Å²) >= 11 is 0. The molecule has 3 aromatic rings. The van der Waals surface area contributed by atoms with E-state index in [9.17, 15) is 14.7 Å². The number of Topliss-reactive ketones (excluding diaryl/α,β-unsaturated/α-hetero) is 1. The minimum absolute atomic E-state index is 0.0860. The fourth-order valence-electron chi connectivity index (χ4n) is 4.40. The van der Waals surface area contributed by atoms with Crippen molar-refractivity contribution in [2.24, 2.45) is 5.92 Å². The fraction of sp³-hybridized carbons (Fsp3) is 0.286. The van der Waals surface area contributed by atoms with Gasteiger partial charge in [-0.25, -0.2) is 0 Å². The van der Waals surface area contributed by atoms with Crippen molar-refractivity contribution in [3.05, 3.63) is 88.9 Å². The maximum absolute atomic E-state index is 13.3. The van der Waals surface area contributed by atoms with E-state index in [0.717, 1.165) is 28.2 Å². The lowest BCUT2D eigenvalue weighted by Gasteiger charge is -2.28. The molecule has 2 aromatic carbocycles. The van der Waals surface area contributed by atoms with Crippen molar-refractivity contribution in [3.8, 4) is 11.3 Å². The average Bonchev–Trinajstić information content (AvgIpc) is 3.35. The molecule has 1 aliphatic heterocycles. The molecule has 1 aromatic heterocycles. The number of ketones is 1. The van der Waals surface area contributed by atoms with Gasteiger partial charge in [0.15, 0.2) is 11.5 Å².